The zero-order valence-electron chi connectivity index (χ0n) is 13.0. The molecule has 1 amide bonds. The molecule has 5 nitrogen and oxygen atoms in total. The summed E-state index contributed by atoms with van der Waals surface area (Å²) in [6.45, 7) is 1.35. The zero-order chi connectivity index (χ0) is 17.7. The van der Waals surface area contributed by atoms with Crippen LogP contribution in [-0.4, -0.2) is 25.1 Å². The van der Waals surface area contributed by atoms with E-state index in [1.54, 1.807) is 0 Å². The number of halogens is 2. The lowest BCUT2D eigenvalue weighted by atomic mass is 10.2. The Balaban J connectivity index is 2.00. The van der Waals surface area contributed by atoms with Gasteiger partial charge in [0.05, 0.1) is 12.7 Å². The van der Waals surface area contributed by atoms with Gasteiger partial charge in [0.1, 0.15) is 17.4 Å². The predicted octanol–water partition coefficient (Wildman–Crippen LogP) is 3.16. The summed E-state index contributed by atoms with van der Waals surface area (Å²) in [7, 11) is 1.37. The normalized spacial score (nSPS) is 11.5. The number of ether oxygens (including phenoxy) is 2. The van der Waals surface area contributed by atoms with Gasteiger partial charge in [-0.1, -0.05) is 0 Å². The number of methoxy groups -OCH3 is 1. The molecular formula is C17H15F2NO4. The number of esters is 1. The van der Waals surface area contributed by atoms with Crippen molar-refractivity contribution in [1.29, 1.82) is 0 Å². The molecule has 7 heteroatoms. The van der Waals surface area contributed by atoms with Crippen molar-refractivity contribution in [2.75, 3.05) is 12.4 Å². The van der Waals surface area contributed by atoms with Gasteiger partial charge in [0, 0.05) is 11.8 Å². The third-order valence-corrected chi connectivity index (χ3v) is 3.16. The summed E-state index contributed by atoms with van der Waals surface area (Å²) in [6.07, 6.45) is -1.16. The number of nitrogens with one attached hydrogen (secondary N) is 1. The van der Waals surface area contributed by atoms with Crippen LogP contribution in [0.2, 0.25) is 0 Å². The van der Waals surface area contributed by atoms with Crippen molar-refractivity contribution >= 4 is 17.6 Å². The van der Waals surface area contributed by atoms with Gasteiger partial charge < -0.3 is 14.8 Å². The van der Waals surface area contributed by atoms with E-state index in [0.717, 1.165) is 6.07 Å². The van der Waals surface area contributed by atoms with E-state index in [-0.39, 0.29) is 11.3 Å². The number of amides is 1. The van der Waals surface area contributed by atoms with E-state index < -0.39 is 29.6 Å². The minimum Gasteiger partial charge on any atom is -0.497 e. The van der Waals surface area contributed by atoms with Gasteiger partial charge in [-0.2, -0.15) is 0 Å². The smallest absolute Gasteiger partial charge is 0.341 e. The lowest BCUT2D eigenvalue weighted by Gasteiger charge is -2.14. The average molecular weight is 335 g/mol. The lowest BCUT2D eigenvalue weighted by molar-refractivity contribution is -0.123. The summed E-state index contributed by atoms with van der Waals surface area (Å²) in [5.74, 6) is -2.60. The number of hydrogen-bond acceptors (Lipinski definition) is 4. The Morgan fingerprint density at radius 2 is 1.75 bits per heavy atom. The van der Waals surface area contributed by atoms with Gasteiger partial charge >= 0.3 is 5.97 Å². The van der Waals surface area contributed by atoms with Gasteiger partial charge in [0.15, 0.2) is 6.10 Å². The highest BCUT2D eigenvalue weighted by molar-refractivity contribution is 5.97. The van der Waals surface area contributed by atoms with E-state index in [2.05, 4.69) is 5.32 Å². The molecule has 0 heterocycles. The minimum atomic E-state index is -1.16. The van der Waals surface area contributed by atoms with Crippen molar-refractivity contribution in [1.82, 2.24) is 0 Å². The second-order valence-electron chi connectivity index (χ2n) is 4.89. The maximum atomic E-state index is 13.8. The second-order valence-corrected chi connectivity index (χ2v) is 4.89. The standard InChI is InChI=1S/C17H15F2NO4/c1-10(16(21)20-12-5-3-11(18)4-6-12)24-17(22)14-8-7-13(23-2)9-15(14)19/h3-10H,1-2H3,(H,20,21)/t10-/m1/s1. The highest BCUT2D eigenvalue weighted by atomic mass is 19.1. The van der Waals surface area contributed by atoms with Crippen LogP contribution >= 0.6 is 0 Å². The molecule has 2 aromatic carbocycles. The van der Waals surface area contributed by atoms with Crippen LogP contribution in [0.25, 0.3) is 0 Å². The van der Waals surface area contributed by atoms with Crippen molar-refractivity contribution in [3.05, 3.63) is 59.7 Å². The summed E-state index contributed by atoms with van der Waals surface area (Å²) in [5.41, 5.74) is 0.0390. The third-order valence-electron chi connectivity index (χ3n) is 3.16. The highest BCUT2D eigenvalue weighted by Crippen LogP contribution is 2.18. The predicted molar refractivity (Wildman–Crippen MR) is 82.9 cm³/mol. The van der Waals surface area contributed by atoms with Gasteiger partial charge in [-0.05, 0) is 43.3 Å². The van der Waals surface area contributed by atoms with Gasteiger partial charge in [0.2, 0.25) is 0 Å². The van der Waals surface area contributed by atoms with Crippen molar-refractivity contribution in [2.24, 2.45) is 0 Å². The fourth-order valence-electron chi connectivity index (χ4n) is 1.84. The van der Waals surface area contributed by atoms with E-state index in [4.69, 9.17) is 9.47 Å². The number of carbonyl (C=O) groups is 2. The Kier molecular flexibility index (Phi) is 5.47. The molecule has 0 spiro atoms. The van der Waals surface area contributed by atoms with Crippen LogP contribution in [0.4, 0.5) is 14.5 Å². The Morgan fingerprint density at radius 3 is 2.33 bits per heavy atom. The van der Waals surface area contributed by atoms with Crippen LogP contribution in [0.15, 0.2) is 42.5 Å². The summed E-state index contributed by atoms with van der Waals surface area (Å²) < 4.78 is 36.4. The summed E-state index contributed by atoms with van der Waals surface area (Å²) in [6, 6.07) is 8.75. The zero-order valence-corrected chi connectivity index (χ0v) is 13.0. The lowest BCUT2D eigenvalue weighted by Crippen LogP contribution is -2.30. The van der Waals surface area contributed by atoms with Crippen LogP contribution in [-0.2, 0) is 9.53 Å². The van der Waals surface area contributed by atoms with E-state index in [1.165, 1.54) is 50.4 Å². The van der Waals surface area contributed by atoms with Gasteiger partial charge in [-0.15, -0.1) is 0 Å². The molecule has 0 unspecified atom stereocenters. The first-order valence-electron chi connectivity index (χ1n) is 7.01. The van der Waals surface area contributed by atoms with Gasteiger partial charge in [0.25, 0.3) is 5.91 Å². The average Bonchev–Trinajstić information content (AvgIpc) is 2.56. The van der Waals surface area contributed by atoms with Crippen molar-refractivity contribution in [3.8, 4) is 5.75 Å². The molecule has 0 radical (unpaired) electrons. The quantitative estimate of drug-likeness (QED) is 0.853. The van der Waals surface area contributed by atoms with E-state index in [9.17, 15) is 18.4 Å². The van der Waals surface area contributed by atoms with Crippen LogP contribution < -0.4 is 10.1 Å². The van der Waals surface area contributed by atoms with E-state index in [0.29, 0.717) is 5.69 Å². The number of carbonyl (C=O) groups excluding carboxylic acids is 2. The molecule has 1 N–H and O–H groups in total. The fourth-order valence-corrected chi connectivity index (χ4v) is 1.84. The second kappa shape index (κ2) is 7.54. The van der Waals surface area contributed by atoms with Gasteiger partial charge in [-0.25, -0.2) is 13.6 Å². The Hall–Kier alpha value is -2.96. The molecular weight excluding hydrogens is 320 g/mol. The maximum absolute atomic E-state index is 13.8. The molecule has 0 aliphatic heterocycles. The van der Waals surface area contributed by atoms with Crippen LogP contribution in [0.5, 0.6) is 5.75 Å². The molecule has 126 valence electrons. The number of anilines is 1. The molecule has 0 saturated carbocycles. The van der Waals surface area contributed by atoms with Crippen LogP contribution in [0.3, 0.4) is 0 Å². The van der Waals surface area contributed by atoms with Crippen molar-refractivity contribution in [2.45, 2.75) is 13.0 Å². The number of rotatable bonds is 5. The molecule has 0 fully saturated rings. The SMILES string of the molecule is COc1ccc(C(=O)O[C@H](C)C(=O)Nc2ccc(F)cc2)c(F)c1. The van der Waals surface area contributed by atoms with Crippen molar-refractivity contribution < 1.29 is 27.8 Å². The molecule has 2 rings (SSSR count). The highest BCUT2D eigenvalue weighted by Gasteiger charge is 2.21. The summed E-state index contributed by atoms with van der Waals surface area (Å²) in [5, 5.41) is 2.46. The first-order valence-corrected chi connectivity index (χ1v) is 7.01. The molecule has 0 aromatic heterocycles. The van der Waals surface area contributed by atoms with E-state index >= 15 is 0 Å². The first kappa shape index (κ1) is 17.4. The molecule has 1 atom stereocenters. The van der Waals surface area contributed by atoms with E-state index in [1.807, 2.05) is 0 Å². The summed E-state index contributed by atoms with van der Waals surface area (Å²) >= 11 is 0. The van der Waals surface area contributed by atoms with Crippen LogP contribution in [0, 0.1) is 11.6 Å². The monoisotopic (exact) mass is 335 g/mol. The largest absolute Gasteiger partial charge is 0.497 e. The maximum Gasteiger partial charge on any atom is 0.341 e. The van der Waals surface area contributed by atoms with Crippen molar-refractivity contribution in [3.63, 3.8) is 0 Å². The number of benzene rings is 2. The molecule has 0 aliphatic carbocycles. The topological polar surface area (TPSA) is 64.6 Å². The minimum absolute atomic E-state index is 0.256. The Labute approximate surface area is 137 Å². The number of hydrogen-bond donors (Lipinski definition) is 1. The molecule has 0 aliphatic rings. The fraction of sp³-hybridized carbons (Fsp3) is 0.176. The Morgan fingerprint density at radius 1 is 1.08 bits per heavy atom. The molecule has 0 saturated heterocycles. The molecule has 24 heavy (non-hydrogen) atoms. The summed E-state index contributed by atoms with van der Waals surface area (Å²) in [4.78, 5) is 23.9. The Bertz CT molecular complexity index is 747. The first-order chi connectivity index (χ1) is 11.4. The third kappa shape index (κ3) is 4.28. The van der Waals surface area contributed by atoms with Crippen LogP contribution in [0.1, 0.15) is 17.3 Å². The van der Waals surface area contributed by atoms with Gasteiger partial charge in [-0.3, -0.25) is 4.79 Å². The molecule has 2 aromatic rings. The molecule has 0 bridgehead atoms.